The van der Waals surface area contributed by atoms with Gasteiger partial charge < -0.3 is 10.2 Å². The highest BCUT2D eigenvalue weighted by molar-refractivity contribution is 7.80. The summed E-state index contributed by atoms with van der Waals surface area (Å²) in [6, 6.07) is 0.0380. The molecule has 0 aromatic carbocycles. The van der Waals surface area contributed by atoms with Crippen LogP contribution in [0.3, 0.4) is 0 Å². The zero-order chi connectivity index (χ0) is 9.26. The van der Waals surface area contributed by atoms with E-state index in [0.717, 1.165) is 43.8 Å². The van der Waals surface area contributed by atoms with Gasteiger partial charge in [-0.15, -0.1) is 0 Å². The number of hydrogen-bond acceptors (Lipinski definition) is 3. The van der Waals surface area contributed by atoms with E-state index < -0.39 is 0 Å². The van der Waals surface area contributed by atoms with Crippen LogP contribution in [0.1, 0.15) is 25.7 Å². The fraction of sp³-hybridized carbons (Fsp3) is 0.778. The molecule has 0 unspecified atom stereocenters. The third-order valence-electron chi connectivity index (χ3n) is 2.70. The Morgan fingerprint density at radius 1 is 1.54 bits per heavy atom. The molecule has 2 fully saturated rings. The second-order valence-electron chi connectivity index (χ2n) is 3.64. The van der Waals surface area contributed by atoms with Crippen LogP contribution in [0.15, 0.2) is 0 Å². The number of nitrogens with zero attached hydrogens (tertiary/aromatic N) is 1. The van der Waals surface area contributed by atoms with Crippen LogP contribution in [0.4, 0.5) is 0 Å². The van der Waals surface area contributed by atoms with Crippen molar-refractivity contribution in [1.82, 2.24) is 10.2 Å². The maximum absolute atomic E-state index is 11.8. The predicted molar refractivity (Wildman–Crippen MR) is 54.6 cm³/mol. The molecule has 0 radical (unpaired) electrons. The summed E-state index contributed by atoms with van der Waals surface area (Å²) in [6.45, 7) is 1.80. The zero-order valence-corrected chi connectivity index (χ0v) is 8.40. The molecule has 4 heteroatoms. The van der Waals surface area contributed by atoms with Gasteiger partial charge in [-0.2, -0.15) is 0 Å². The fourth-order valence-electron chi connectivity index (χ4n) is 1.96. The van der Waals surface area contributed by atoms with Crippen LogP contribution >= 0.6 is 12.2 Å². The highest BCUT2D eigenvalue weighted by Crippen LogP contribution is 2.16. The van der Waals surface area contributed by atoms with E-state index in [1.165, 1.54) is 0 Å². The molecule has 0 aromatic rings. The molecule has 2 heterocycles. The van der Waals surface area contributed by atoms with E-state index >= 15 is 0 Å². The maximum atomic E-state index is 11.8. The van der Waals surface area contributed by atoms with Crippen molar-refractivity contribution in [3.8, 4) is 0 Å². The number of rotatable bonds is 1. The molecule has 2 aliphatic heterocycles. The van der Waals surface area contributed by atoms with Crippen LogP contribution in [0.2, 0.25) is 0 Å². The Balaban J connectivity index is 1.99. The molecule has 1 atom stereocenters. The van der Waals surface area contributed by atoms with E-state index in [1.807, 2.05) is 0 Å². The molecule has 2 saturated heterocycles. The van der Waals surface area contributed by atoms with Crippen molar-refractivity contribution in [1.29, 1.82) is 0 Å². The minimum atomic E-state index is 0.0380. The van der Waals surface area contributed by atoms with Gasteiger partial charge in [0.05, 0.1) is 11.0 Å². The standard InChI is InChI=1S/C9H14N2OS/c12-9(7-3-1-5-10-7)11-6-2-4-8(11)13/h7,10H,1-6H2/t7-/m0/s1. The molecule has 2 aliphatic rings. The summed E-state index contributed by atoms with van der Waals surface area (Å²) < 4.78 is 0. The van der Waals surface area contributed by atoms with Crippen molar-refractivity contribution < 1.29 is 4.79 Å². The number of likely N-dealkylation sites (tertiary alicyclic amines) is 1. The quantitative estimate of drug-likeness (QED) is 0.629. The molecule has 0 aliphatic carbocycles. The topological polar surface area (TPSA) is 32.3 Å². The Morgan fingerprint density at radius 2 is 2.38 bits per heavy atom. The van der Waals surface area contributed by atoms with Gasteiger partial charge in [0.15, 0.2) is 0 Å². The summed E-state index contributed by atoms with van der Waals surface area (Å²) in [5.41, 5.74) is 0. The number of carbonyl (C=O) groups is 1. The van der Waals surface area contributed by atoms with Crippen molar-refractivity contribution in [3.63, 3.8) is 0 Å². The van der Waals surface area contributed by atoms with Crippen molar-refractivity contribution in [2.24, 2.45) is 0 Å². The Labute approximate surface area is 83.5 Å². The van der Waals surface area contributed by atoms with E-state index in [1.54, 1.807) is 4.90 Å². The van der Waals surface area contributed by atoms with Gasteiger partial charge in [0, 0.05) is 13.0 Å². The van der Waals surface area contributed by atoms with Crippen LogP contribution in [-0.2, 0) is 4.79 Å². The largest absolute Gasteiger partial charge is 0.306 e. The summed E-state index contributed by atoms with van der Waals surface area (Å²) in [5.74, 6) is 0.194. The van der Waals surface area contributed by atoms with E-state index in [4.69, 9.17) is 12.2 Å². The summed E-state index contributed by atoms with van der Waals surface area (Å²) in [4.78, 5) is 14.4. The van der Waals surface area contributed by atoms with E-state index in [0.29, 0.717) is 0 Å². The van der Waals surface area contributed by atoms with Gasteiger partial charge in [0.1, 0.15) is 0 Å². The lowest BCUT2D eigenvalue weighted by Gasteiger charge is -2.19. The third kappa shape index (κ3) is 1.74. The Kier molecular flexibility index (Phi) is 2.60. The second-order valence-corrected chi connectivity index (χ2v) is 4.11. The second kappa shape index (κ2) is 3.72. The molecule has 0 spiro atoms. The fourth-order valence-corrected chi connectivity index (χ4v) is 2.29. The maximum Gasteiger partial charge on any atom is 0.244 e. The molecule has 0 bridgehead atoms. The lowest BCUT2D eigenvalue weighted by atomic mass is 10.2. The molecular weight excluding hydrogens is 184 g/mol. The lowest BCUT2D eigenvalue weighted by Crippen LogP contribution is -2.43. The van der Waals surface area contributed by atoms with Gasteiger partial charge in [-0.25, -0.2) is 0 Å². The number of hydrogen-bond donors (Lipinski definition) is 1. The van der Waals surface area contributed by atoms with Crippen molar-refractivity contribution in [2.75, 3.05) is 13.1 Å². The average molecular weight is 198 g/mol. The van der Waals surface area contributed by atoms with E-state index in [-0.39, 0.29) is 11.9 Å². The van der Waals surface area contributed by atoms with Gasteiger partial charge in [-0.05, 0) is 25.8 Å². The van der Waals surface area contributed by atoms with E-state index in [9.17, 15) is 4.79 Å². The number of carbonyl (C=O) groups excluding carboxylic acids is 1. The Hall–Kier alpha value is -0.480. The molecule has 0 aromatic heterocycles. The van der Waals surface area contributed by atoms with Crippen LogP contribution in [-0.4, -0.2) is 34.9 Å². The smallest absolute Gasteiger partial charge is 0.244 e. The normalized spacial score (nSPS) is 28.5. The number of amides is 1. The van der Waals surface area contributed by atoms with Crippen molar-refractivity contribution in [3.05, 3.63) is 0 Å². The molecule has 1 N–H and O–H groups in total. The summed E-state index contributed by atoms with van der Waals surface area (Å²) in [5, 5.41) is 3.20. The average Bonchev–Trinajstić information content (AvgIpc) is 2.72. The van der Waals surface area contributed by atoms with Crippen molar-refractivity contribution >= 4 is 23.1 Å². The van der Waals surface area contributed by atoms with Crippen LogP contribution in [0, 0.1) is 0 Å². The third-order valence-corrected chi connectivity index (χ3v) is 3.12. The summed E-state index contributed by atoms with van der Waals surface area (Å²) in [7, 11) is 0. The first-order valence-corrected chi connectivity index (χ1v) is 5.27. The zero-order valence-electron chi connectivity index (χ0n) is 7.58. The SMILES string of the molecule is O=C([C@@H]1CCCN1)N1CCCC1=S. The highest BCUT2D eigenvalue weighted by Gasteiger charge is 2.30. The molecule has 2 rings (SSSR count). The minimum absolute atomic E-state index is 0.0380. The van der Waals surface area contributed by atoms with Gasteiger partial charge >= 0.3 is 0 Å². The molecular formula is C9H14N2OS. The van der Waals surface area contributed by atoms with Gasteiger partial charge in [-0.3, -0.25) is 4.79 Å². The van der Waals surface area contributed by atoms with Crippen molar-refractivity contribution in [2.45, 2.75) is 31.7 Å². The van der Waals surface area contributed by atoms with Gasteiger partial charge in [0.2, 0.25) is 5.91 Å². The summed E-state index contributed by atoms with van der Waals surface area (Å²) in [6.07, 6.45) is 4.03. The number of nitrogens with one attached hydrogen (secondary N) is 1. The molecule has 72 valence electrons. The van der Waals surface area contributed by atoms with Crippen LogP contribution < -0.4 is 5.32 Å². The molecule has 1 amide bonds. The first kappa shape index (κ1) is 9.09. The molecule has 3 nitrogen and oxygen atoms in total. The minimum Gasteiger partial charge on any atom is -0.306 e. The highest BCUT2D eigenvalue weighted by atomic mass is 32.1. The lowest BCUT2D eigenvalue weighted by molar-refractivity contribution is -0.128. The van der Waals surface area contributed by atoms with Crippen LogP contribution in [0.25, 0.3) is 0 Å². The first-order valence-electron chi connectivity index (χ1n) is 4.86. The monoisotopic (exact) mass is 198 g/mol. The summed E-state index contributed by atoms with van der Waals surface area (Å²) >= 11 is 5.13. The predicted octanol–water partition coefficient (Wildman–Crippen LogP) is 0.688. The first-order chi connectivity index (χ1) is 6.29. The Bertz CT molecular complexity index is 236. The van der Waals surface area contributed by atoms with Crippen LogP contribution in [0.5, 0.6) is 0 Å². The Morgan fingerprint density at radius 3 is 2.92 bits per heavy atom. The van der Waals surface area contributed by atoms with Gasteiger partial charge in [-0.1, -0.05) is 12.2 Å². The van der Waals surface area contributed by atoms with E-state index in [2.05, 4.69) is 5.32 Å². The van der Waals surface area contributed by atoms with Gasteiger partial charge in [0.25, 0.3) is 0 Å². The number of thiocarbonyl (C=S) groups is 1. The molecule has 13 heavy (non-hydrogen) atoms. The molecule has 0 saturated carbocycles.